The molecule has 126 valence electrons. The zero-order chi connectivity index (χ0) is 17.1. The molecule has 0 aromatic heterocycles. The zero-order valence-corrected chi connectivity index (χ0v) is 15.7. The molecule has 0 unspecified atom stereocenters. The number of nitrogens with zero attached hydrogens (tertiary/aromatic N) is 1. The summed E-state index contributed by atoms with van der Waals surface area (Å²) in [5.41, 5.74) is 4.38. The third kappa shape index (κ3) is 5.76. The van der Waals surface area contributed by atoms with Gasteiger partial charge in [-0.05, 0) is 19.4 Å². The van der Waals surface area contributed by atoms with Gasteiger partial charge in [0, 0.05) is 0 Å². The summed E-state index contributed by atoms with van der Waals surface area (Å²) in [5, 5.41) is 11.9. The van der Waals surface area contributed by atoms with Crippen LogP contribution in [0.3, 0.4) is 0 Å². The number of ether oxygens (including phenoxy) is 2. The summed E-state index contributed by atoms with van der Waals surface area (Å²) in [4.78, 5) is 0. The quantitative estimate of drug-likeness (QED) is 0.522. The van der Waals surface area contributed by atoms with E-state index >= 15 is 0 Å². The summed E-state index contributed by atoms with van der Waals surface area (Å²) in [5.74, 6) is 2.61. The number of hydrogen-bond acceptors (Lipinski definition) is 4. The van der Waals surface area contributed by atoms with Crippen molar-refractivity contribution >= 4 is 8.07 Å². The van der Waals surface area contributed by atoms with E-state index in [0.717, 1.165) is 5.56 Å². The molecular weight excluding hydrogens is 306 g/mol. The average molecular weight is 334 g/mol. The molecule has 0 saturated carbocycles. The first-order valence-electron chi connectivity index (χ1n) is 8.00. The van der Waals surface area contributed by atoms with Crippen LogP contribution < -0.4 is 0 Å². The molecule has 2 atom stereocenters. The molecule has 0 amide bonds. The highest BCUT2D eigenvalue weighted by molar-refractivity contribution is 6.83. The van der Waals surface area contributed by atoms with Crippen molar-refractivity contribution in [2.24, 2.45) is 0 Å². The van der Waals surface area contributed by atoms with Crippen molar-refractivity contribution < 1.29 is 14.7 Å². The second-order valence-corrected chi connectivity index (χ2v) is 12.2. The Morgan fingerprint density at radius 1 is 1.30 bits per heavy atom. The van der Waals surface area contributed by atoms with Crippen LogP contribution in [0.1, 0.15) is 19.4 Å². The summed E-state index contributed by atoms with van der Waals surface area (Å²) in [6.07, 6.45) is -0.262. The van der Waals surface area contributed by atoms with E-state index in [9.17, 15) is 5.21 Å². The van der Waals surface area contributed by atoms with Gasteiger partial charge in [-0.1, -0.05) is 55.9 Å². The Kier molecular flexibility index (Phi) is 5.66. The minimum absolute atomic E-state index is 0.262. The number of rotatable bonds is 4. The molecule has 5 heteroatoms. The number of hydrogen-bond donors (Lipinski definition) is 1. The molecule has 2 rings (SSSR count). The molecule has 1 aromatic rings. The summed E-state index contributed by atoms with van der Waals surface area (Å²) < 4.78 is 11.6. The first-order valence-corrected chi connectivity index (χ1v) is 11.5. The monoisotopic (exact) mass is 333 g/mol. The molecular formula is C18H27NO3Si. The van der Waals surface area contributed by atoms with Crippen molar-refractivity contribution in [2.75, 3.05) is 6.61 Å². The lowest BCUT2D eigenvalue weighted by atomic mass is 10.1. The van der Waals surface area contributed by atoms with Crippen LogP contribution >= 0.6 is 0 Å². The molecule has 0 spiro atoms. The van der Waals surface area contributed by atoms with Gasteiger partial charge in [0.2, 0.25) is 0 Å². The summed E-state index contributed by atoms with van der Waals surface area (Å²) in [7, 11) is -1.54. The molecule has 1 aliphatic heterocycles. The molecule has 0 radical (unpaired) electrons. The Labute approximate surface area is 140 Å². The van der Waals surface area contributed by atoms with E-state index in [2.05, 4.69) is 31.1 Å². The van der Waals surface area contributed by atoms with Crippen LogP contribution in [0.4, 0.5) is 0 Å². The Bertz CT molecular complexity index is 571. The van der Waals surface area contributed by atoms with Crippen molar-refractivity contribution in [3.8, 4) is 11.5 Å². The van der Waals surface area contributed by atoms with Gasteiger partial charge in [0.25, 0.3) is 0 Å². The maximum atomic E-state index is 10.6. The van der Waals surface area contributed by atoms with Gasteiger partial charge in [-0.15, -0.1) is 5.54 Å². The lowest BCUT2D eigenvalue weighted by Crippen LogP contribution is -2.42. The third-order valence-corrected chi connectivity index (χ3v) is 4.38. The van der Waals surface area contributed by atoms with Gasteiger partial charge >= 0.3 is 0 Å². The highest BCUT2D eigenvalue weighted by Gasteiger charge is 2.39. The van der Waals surface area contributed by atoms with E-state index in [4.69, 9.17) is 9.47 Å². The van der Waals surface area contributed by atoms with E-state index in [1.165, 1.54) is 5.06 Å². The number of benzene rings is 1. The van der Waals surface area contributed by atoms with Gasteiger partial charge in [0.05, 0.1) is 13.2 Å². The van der Waals surface area contributed by atoms with Crippen LogP contribution in [0.15, 0.2) is 30.3 Å². The first-order chi connectivity index (χ1) is 10.7. The van der Waals surface area contributed by atoms with Crippen LogP contribution in [0, 0.1) is 11.5 Å². The maximum absolute atomic E-state index is 10.6. The van der Waals surface area contributed by atoms with Crippen LogP contribution in [-0.2, 0) is 16.0 Å². The van der Waals surface area contributed by atoms with Gasteiger partial charge in [0.1, 0.15) is 20.2 Å². The Morgan fingerprint density at radius 3 is 2.48 bits per heavy atom. The Hall–Kier alpha value is -1.16. The second-order valence-electron chi connectivity index (χ2n) is 7.41. The van der Waals surface area contributed by atoms with Crippen molar-refractivity contribution in [3.05, 3.63) is 35.9 Å². The standard InChI is InChI=1S/C18H27NO3Si/c1-18(2)21-14-17(22-18)16(11-12-23(3,4)5)19(20)13-15-9-7-6-8-10-15/h6-10,16-17,20H,13-14H2,1-5H3/t16-,17+/m0/s1. The van der Waals surface area contributed by atoms with E-state index in [0.29, 0.717) is 13.2 Å². The summed E-state index contributed by atoms with van der Waals surface area (Å²) >= 11 is 0. The van der Waals surface area contributed by atoms with Crippen molar-refractivity contribution in [2.45, 2.75) is 58.0 Å². The second kappa shape index (κ2) is 7.16. The fourth-order valence-electron chi connectivity index (χ4n) is 2.39. The van der Waals surface area contributed by atoms with E-state index < -0.39 is 19.9 Å². The van der Waals surface area contributed by atoms with Crippen LogP contribution in [0.25, 0.3) is 0 Å². The normalized spacial score (nSPS) is 21.8. The molecule has 1 fully saturated rings. The number of hydroxylamine groups is 2. The van der Waals surface area contributed by atoms with Gasteiger partial charge < -0.3 is 14.7 Å². The van der Waals surface area contributed by atoms with Gasteiger partial charge in [-0.2, -0.15) is 5.06 Å². The van der Waals surface area contributed by atoms with Crippen molar-refractivity contribution in [1.82, 2.24) is 5.06 Å². The Morgan fingerprint density at radius 2 is 1.96 bits per heavy atom. The van der Waals surface area contributed by atoms with Crippen molar-refractivity contribution in [3.63, 3.8) is 0 Å². The fourth-order valence-corrected chi connectivity index (χ4v) is 2.97. The van der Waals surface area contributed by atoms with Crippen LogP contribution in [0.2, 0.25) is 19.6 Å². The topological polar surface area (TPSA) is 41.9 Å². The largest absolute Gasteiger partial charge is 0.348 e. The SMILES string of the molecule is CC1(C)OC[C@H]([C@H](C#C[Si](C)(C)C)N(O)Cc2ccccc2)O1. The first kappa shape index (κ1) is 18.2. The molecule has 23 heavy (non-hydrogen) atoms. The molecule has 0 bridgehead atoms. The minimum Gasteiger partial charge on any atom is -0.348 e. The van der Waals surface area contributed by atoms with Gasteiger partial charge in [0.15, 0.2) is 5.79 Å². The molecule has 1 saturated heterocycles. The highest BCUT2D eigenvalue weighted by atomic mass is 28.3. The average Bonchev–Trinajstić information content (AvgIpc) is 2.79. The predicted octanol–water partition coefficient (Wildman–Crippen LogP) is 3.28. The molecule has 0 aliphatic carbocycles. The smallest absolute Gasteiger partial charge is 0.163 e. The molecule has 1 aromatic carbocycles. The van der Waals surface area contributed by atoms with Gasteiger partial charge in [-0.3, -0.25) is 0 Å². The fraction of sp³-hybridized carbons (Fsp3) is 0.556. The summed E-state index contributed by atoms with van der Waals surface area (Å²) in [6, 6.07) is 9.46. The maximum Gasteiger partial charge on any atom is 0.163 e. The van der Waals surface area contributed by atoms with E-state index in [1.807, 2.05) is 44.2 Å². The van der Waals surface area contributed by atoms with E-state index in [1.54, 1.807) is 0 Å². The highest BCUT2D eigenvalue weighted by Crippen LogP contribution is 2.26. The lowest BCUT2D eigenvalue weighted by Gasteiger charge is -2.27. The van der Waals surface area contributed by atoms with Crippen molar-refractivity contribution in [1.29, 1.82) is 0 Å². The van der Waals surface area contributed by atoms with Crippen LogP contribution in [0.5, 0.6) is 0 Å². The van der Waals surface area contributed by atoms with Crippen LogP contribution in [-0.4, -0.2) is 42.9 Å². The molecule has 4 nitrogen and oxygen atoms in total. The Balaban J connectivity index is 2.17. The minimum atomic E-state index is -1.54. The summed E-state index contributed by atoms with van der Waals surface area (Å²) in [6.45, 7) is 11.2. The zero-order valence-electron chi connectivity index (χ0n) is 14.7. The molecule has 1 aliphatic rings. The van der Waals surface area contributed by atoms with E-state index in [-0.39, 0.29) is 6.10 Å². The third-order valence-electron chi connectivity index (χ3n) is 3.49. The molecule has 1 N–H and O–H groups in total. The predicted molar refractivity (Wildman–Crippen MR) is 93.6 cm³/mol. The lowest BCUT2D eigenvalue weighted by molar-refractivity contribution is -0.176. The molecule has 1 heterocycles. The van der Waals surface area contributed by atoms with Gasteiger partial charge in [-0.25, -0.2) is 0 Å².